The number of nitro groups is 1. The molecular weight excluding hydrogens is 372 g/mol. The van der Waals surface area contributed by atoms with E-state index in [2.05, 4.69) is 10.3 Å². The number of nitrogens with one attached hydrogen (secondary N) is 1. The number of hydrogen-bond donors (Lipinski definition) is 1. The minimum atomic E-state index is -3.72. The summed E-state index contributed by atoms with van der Waals surface area (Å²) >= 11 is 0. The van der Waals surface area contributed by atoms with Crippen molar-refractivity contribution in [2.75, 3.05) is 13.1 Å². The molecule has 1 fully saturated rings. The SMILES string of the molecule is O=C(NC1CCN(S(=O)(=O)c2ccc([N+](=O)[O-])cc2)CC1)c1ccncc1. The molecule has 0 aliphatic carbocycles. The van der Waals surface area contributed by atoms with Gasteiger partial charge in [0.05, 0.1) is 9.82 Å². The van der Waals surface area contributed by atoms with Crippen LogP contribution in [0.25, 0.3) is 0 Å². The van der Waals surface area contributed by atoms with Crippen LogP contribution in [0.2, 0.25) is 0 Å². The van der Waals surface area contributed by atoms with Crippen LogP contribution < -0.4 is 5.32 Å². The number of nitrogens with zero attached hydrogens (tertiary/aromatic N) is 3. The van der Waals surface area contributed by atoms with E-state index in [0.717, 1.165) is 0 Å². The van der Waals surface area contributed by atoms with Crippen LogP contribution in [-0.2, 0) is 10.0 Å². The highest BCUT2D eigenvalue weighted by Crippen LogP contribution is 2.23. The normalized spacial score (nSPS) is 16.0. The number of nitro benzene ring substituents is 1. The van der Waals surface area contributed by atoms with Crippen molar-refractivity contribution in [1.82, 2.24) is 14.6 Å². The zero-order valence-corrected chi connectivity index (χ0v) is 15.1. The third kappa shape index (κ3) is 4.29. The first-order chi connectivity index (χ1) is 12.9. The highest BCUT2D eigenvalue weighted by Gasteiger charge is 2.30. The molecule has 1 saturated heterocycles. The average molecular weight is 390 g/mol. The fraction of sp³-hybridized carbons (Fsp3) is 0.294. The molecule has 10 heteroatoms. The molecule has 0 radical (unpaired) electrons. The molecule has 9 nitrogen and oxygen atoms in total. The molecule has 1 aliphatic heterocycles. The number of piperidine rings is 1. The van der Waals surface area contributed by atoms with Gasteiger partial charge in [-0.2, -0.15) is 4.31 Å². The van der Waals surface area contributed by atoms with Crippen molar-refractivity contribution < 1.29 is 18.1 Å². The number of aromatic nitrogens is 1. The van der Waals surface area contributed by atoms with Gasteiger partial charge >= 0.3 is 0 Å². The predicted octanol–water partition coefficient (Wildman–Crippen LogP) is 1.57. The summed E-state index contributed by atoms with van der Waals surface area (Å²) in [6.45, 7) is 0.529. The molecule has 1 aliphatic rings. The number of benzene rings is 1. The Labute approximate surface area is 156 Å². The van der Waals surface area contributed by atoms with Gasteiger partial charge in [-0.3, -0.25) is 19.9 Å². The van der Waals surface area contributed by atoms with E-state index in [1.165, 1.54) is 41.0 Å². The fourth-order valence-corrected chi connectivity index (χ4v) is 4.37. The van der Waals surface area contributed by atoms with Crippen molar-refractivity contribution in [3.63, 3.8) is 0 Å². The Bertz CT molecular complexity index is 924. The number of amides is 1. The van der Waals surface area contributed by atoms with Crippen LogP contribution in [0.5, 0.6) is 0 Å². The lowest BCUT2D eigenvalue weighted by Crippen LogP contribution is -2.46. The molecule has 1 aromatic carbocycles. The second-order valence-corrected chi connectivity index (χ2v) is 8.08. The zero-order valence-electron chi connectivity index (χ0n) is 14.3. The van der Waals surface area contributed by atoms with Crippen molar-refractivity contribution in [2.45, 2.75) is 23.8 Å². The van der Waals surface area contributed by atoms with Crippen LogP contribution in [-0.4, -0.2) is 47.7 Å². The van der Waals surface area contributed by atoms with E-state index in [9.17, 15) is 23.3 Å². The lowest BCUT2D eigenvalue weighted by atomic mass is 10.1. The number of rotatable bonds is 5. The molecule has 27 heavy (non-hydrogen) atoms. The number of sulfonamides is 1. The van der Waals surface area contributed by atoms with Crippen molar-refractivity contribution in [2.24, 2.45) is 0 Å². The first-order valence-corrected chi connectivity index (χ1v) is 9.77. The molecule has 0 bridgehead atoms. The van der Waals surface area contributed by atoms with E-state index in [-0.39, 0.29) is 35.6 Å². The Morgan fingerprint density at radius 1 is 1.11 bits per heavy atom. The van der Waals surface area contributed by atoms with E-state index in [1.807, 2.05) is 0 Å². The summed E-state index contributed by atoms with van der Waals surface area (Å²) in [4.78, 5) is 26.2. The molecule has 2 heterocycles. The van der Waals surface area contributed by atoms with E-state index >= 15 is 0 Å². The molecule has 3 rings (SSSR count). The second kappa shape index (κ2) is 7.80. The number of hydrogen-bond acceptors (Lipinski definition) is 6. The van der Waals surface area contributed by atoms with Crippen molar-refractivity contribution in [3.05, 3.63) is 64.5 Å². The predicted molar refractivity (Wildman–Crippen MR) is 96.6 cm³/mol. The van der Waals surface area contributed by atoms with E-state index in [4.69, 9.17) is 0 Å². The summed E-state index contributed by atoms with van der Waals surface area (Å²) in [5, 5.41) is 13.6. The Hall–Kier alpha value is -2.85. The Morgan fingerprint density at radius 2 is 1.70 bits per heavy atom. The average Bonchev–Trinajstić information content (AvgIpc) is 2.69. The van der Waals surface area contributed by atoms with Gasteiger partial charge in [-0.15, -0.1) is 0 Å². The topological polar surface area (TPSA) is 123 Å². The number of pyridine rings is 1. The van der Waals surface area contributed by atoms with Crippen LogP contribution in [0.15, 0.2) is 53.7 Å². The van der Waals surface area contributed by atoms with E-state index < -0.39 is 14.9 Å². The van der Waals surface area contributed by atoms with Crippen molar-refractivity contribution in [1.29, 1.82) is 0 Å². The van der Waals surface area contributed by atoms with Crippen LogP contribution in [0.4, 0.5) is 5.69 Å². The lowest BCUT2D eigenvalue weighted by molar-refractivity contribution is -0.384. The van der Waals surface area contributed by atoms with Crippen LogP contribution in [0, 0.1) is 10.1 Å². The van der Waals surface area contributed by atoms with Gasteiger partial charge < -0.3 is 5.32 Å². The lowest BCUT2D eigenvalue weighted by Gasteiger charge is -2.31. The fourth-order valence-electron chi connectivity index (χ4n) is 2.90. The Morgan fingerprint density at radius 3 is 2.26 bits per heavy atom. The highest BCUT2D eigenvalue weighted by molar-refractivity contribution is 7.89. The summed E-state index contributed by atoms with van der Waals surface area (Å²) in [5.41, 5.74) is 0.345. The van der Waals surface area contributed by atoms with Gasteiger partial charge in [0.25, 0.3) is 11.6 Å². The zero-order chi connectivity index (χ0) is 19.4. The van der Waals surface area contributed by atoms with Crippen molar-refractivity contribution in [3.8, 4) is 0 Å². The van der Waals surface area contributed by atoms with E-state index in [1.54, 1.807) is 12.1 Å². The molecule has 0 saturated carbocycles. The Kier molecular flexibility index (Phi) is 5.47. The summed E-state index contributed by atoms with van der Waals surface area (Å²) in [6, 6.07) is 7.94. The number of carbonyl (C=O) groups is 1. The number of non-ortho nitro benzene ring substituents is 1. The van der Waals surface area contributed by atoms with Gasteiger partial charge in [-0.1, -0.05) is 0 Å². The minimum absolute atomic E-state index is 0.0207. The minimum Gasteiger partial charge on any atom is -0.349 e. The third-order valence-corrected chi connectivity index (χ3v) is 6.33. The maximum absolute atomic E-state index is 12.7. The van der Waals surface area contributed by atoms with Crippen LogP contribution in [0.3, 0.4) is 0 Å². The smallest absolute Gasteiger partial charge is 0.269 e. The largest absolute Gasteiger partial charge is 0.349 e. The van der Waals surface area contributed by atoms with Crippen LogP contribution in [0.1, 0.15) is 23.2 Å². The maximum Gasteiger partial charge on any atom is 0.269 e. The third-order valence-electron chi connectivity index (χ3n) is 4.42. The molecule has 1 amide bonds. The van der Waals surface area contributed by atoms with E-state index in [0.29, 0.717) is 18.4 Å². The first kappa shape index (κ1) is 18.9. The van der Waals surface area contributed by atoms with Gasteiger partial charge in [0.2, 0.25) is 10.0 Å². The summed E-state index contributed by atoms with van der Waals surface area (Å²) in [5.74, 6) is -0.214. The second-order valence-electron chi connectivity index (χ2n) is 6.14. The quantitative estimate of drug-likeness (QED) is 0.611. The van der Waals surface area contributed by atoms with Gasteiger partial charge in [0.1, 0.15) is 0 Å². The standard InChI is InChI=1S/C17H18N4O5S/c22-17(13-5-9-18-10-6-13)19-14-7-11-20(12-8-14)27(25,26)16-3-1-15(2-4-16)21(23)24/h1-6,9-10,14H,7-8,11-12H2,(H,19,22). The van der Waals surface area contributed by atoms with Gasteiger partial charge in [-0.25, -0.2) is 8.42 Å². The summed E-state index contributed by atoms with van der Waals surface area (Å²) < 4.78 is 26.7. The number of carbonyl (C=O) groups excluding carboxylic acids is 1. The first-order valence-electron chi connectivity index (χ1n) is 8.33. The molecule has 0 atom stereocenters. The molecular formula is C17H18N4O5S. The van der Waals surface area contributed by atoms with Crippen LogP contribution >= 0.6 is 0 Å². The summed E-state index contributed by atoms with van der Waals surface area (Å²) in [7, 11) is -3.72. The molecule has 1 aromatic heterocycles. The Balaban J connectivity index is 1.61. The maximum atomic E-state index is 12.7. The highest BCUT2D eigenvalue weighted by atomic mass is 32.2. The monoisotopic (exact) mass is 390 g/mol. The van der Waals surface area contributed by atoms with Gasteiger partial charge in [-0.05, 0) is 37.1 Å². The van der Waals surface area contributed by atoms with Gasteiger partial charge in [0.15, 0.2) is 0 Å². The summed E-state index contributed by atoms with van der Waals surface area (Å²) in [6.07, 6.45) is 4.05. The molecule has 0 spiro atoms. The van der Waals surface area contributed by atoms with Crippen molar-refractivity contribution >= 4 is 21.6 Å². The molecule has 0 unspecified atom stereocenters. The molecule has 142 valence electrons. The molecule has 1 N–H and O–H groups in total. The molecule has 2 aromatic rings. The van der Waals surface area contributed by atoms with Gasteiger partial charge in [0, 0.05) is 49.2 Å².